The second-order valence-corrected chi connectivity index (χ2v) is 6.11. The minimum atomic E-state index is 0.0631. The number of carbonyl (C=O) groups is 1. The molecule has 1 unspecified atom stereocenters. The number of hydrogen-bond donors (Lipinski definition) is 0. The lowest BCUT2D eigenvalue weighted by Gasteiger charge is -2.25. The van der Waals surface area contributed by atoms with Gasteiger partial charge in [-0.1, -0.05) is 0 Å². The van der Waals surface area contributed by atoms with Gasteiger partial charge in [0.05, 0.1) is 24.3 Å². The first kappa shape index (κ1) is 14.0. The van der Waals surface area contributed by atoms with Gasteiger partial charge in [0.1, 0.15) is 5.65 Å². The van der Waals surface area contributed by atoms with Crippen molar-refractivity contribution in [2.24, 2.45) is 0 Å². The van der Waals surface area contributed by atoms with Gasteiger partial charge in [0.25, 0.3) is 5.91 Å². The average molecular weight is 309 g/mol. The van der Waals surface area contributed by atoms with Crippen molar-refractivity contribution in [2.75, 3.05) is 6.54 Å². The summed E-state index contributed by atoms with van der Waals surface area (Å²) in [6.45, 7) is 3.57. The lowest BCUT2D eigenvalue weighted by atomic mass is 10.2. The van der Waals surface area contributed by atoms with Crippen LogP contribution >= 0.6 is 0 Å². The molecule has 6 nitrogen and oxygen atoms in total. The van der Waals surface area contributed by atoms with Gasteiger partial charge < -0.3 is 9.30 Å². The van der Waals surface area contributed by atoms with E-state index in [0.29, 0.717) is 5.56 Å². The van der Waals surface area contributed by atoms with Crippen molar-refractivity contribution >= 4 is 11.6 Å². The van der Waals surface area contributed by atoms with Crippen LogP contribution in [0.2, 0.25) is 0 Å². The van der Waals surface area contributed by atoms with E-state index in [9.17, 15) is 4.79 Å². The maximum absolute atomic E-state index is 13.0. The first-order valence-corrected chi connectivity index (χ1v) is 7.94. The van der Waals surface area contributed by atoms with E-state index in [-0.39, 0.29) is 11.9 Å². The topological polar surface area (TPSA) is 55.4 Å². The molecule has 0 saturated carbocycles. The highest BCUT2D eigenvalue weighted by atomic mass is 16.2. The number of hydrogen-bond acceptors (Lipinski definition) is 3. The van der Waals surface area contributed by atoms with Gasteiger partial charge >= 0.3 is 0 Å². The van der Waals surface area contributed by atoms with Gasteiger partial charge in [-0.25, -0.2) is 4.98 Å². The fourth-order valence-corrected chi connectivity index (χ4v) is 3.35. The molecule has 0 aliphatic carbocycles. The van der Waals surface area contributed by atoms with Gasteiger partial charge in [0, 0.05) is 31.3 Å². The van der Waals surface area contributed by atoms with Crippen LogP contribution in [0.15, 0.2) is 43.1 Å². The number of aromatic nitrogens is 4. The van der Waals surface area contributed by atoms with Crippen molar-refractivity contribution in [3.8, 4) is 0 Å². The smallest absolute Gasteiger partial charge is 0.257 e. The van der Waals surface area contributed by atoms with E-state index >= 15 is 0 Å². The van der Waals surface area contributed by atoms with Gasteiger partial charge in [0.2, 0.25) is 0 Å². The second-order valence-electron chi connectivity index (χ2n) is 6.11. The predicted molar refractivity (Wildman–Crippen MR) is 86.2 cm³/mol. The van der Waals surface area contributed by atoms with Gasteiger partial charge in [0.15, 0.2) is 0 Å². The Morgan fingerprint density at radius 2 is 2.30 bits per heavy atom. The van der Waals surface area contributed by atoms with Crippen LogP contribution in [0.4, 0.5) is 0 Å². The Kier molecular flexibility index (Phi) is 3.37. The van der Waals surface area contributed by atoms with Crippen molar-refractivity contribution < 1.29 is 4.79 Å². The van der Waals surface area contributed by atoms with E-state index in [1.807, 2.05) is 57.8 Å². The molecule has 0 radical (unpaired) electrons. The Morgan fingerprint density at radius 1 is 1.39 bits per heavy atom. The predicted octanol–water partition coefficient (Wildman–Crippen LogP) is 2.14. The number of rotatable bonds is 3. The van der Waals surface area contributed by atoms with Crippen molar-refractivity contribution in [3.05, 3.63) is 54.2 Å². The number of aryl methyl sites for hydroxylation is 1. The third-order valence-electron chi connectivity index (χ3n) is 4.45. The molecule has 1 fully saturated rings. The van der Waals surface area contributed by atoms with Gasteiger partial charge in [-0.3, -0.25) is 9.48 Å². The summed E-state index contributed by atoms with van der Waals surface area (Å²) in [4.78, 5) is 19.3. The van der Waals surface area contributed by atoms with E-state index in [2.05, 4.69) is 10.1 Å². The molecule has 118 valence electrons. The number of imidazole rings is 1. The summed E-state index contributed by atoms with van der Waals surface area (Å²) in [5, 5.41) is 4.35. The minimum absolute atomic E-state index is 0.0631. The molecule has 1 aliphatic heterocycles. The van der Waals surface area contributed by atoms with Crippen LogP contribution in [0.5, 0.6) is 0 Å². The molecule has 0 bridgehead atoms. The Morgan fingerprint density at radius 3 is 3.13 bits per heavy atom. The first-order chi connectivity index (χ1) is 11.2. The van der Waals surface area contributed by atoms with Crippen LogP contribution in [0, 0.1) is 6.92 Å². The number of likely N-dealkylation sites (tertiary alicyclic amines) is 1. The Labute approximate surface area is 134 Å². The monoisotopic (exact) mass is 309 g/mol. The van der Waals surface area contributed by atoms with Crippen LogP contribution in [-0.2, 0) is 6.54 Å². The summed E-state index contributed by atoms with van der Waals surface area (Å²) >= 11 is 0. The third kappa shape index (κ3) is 2.50. The molecule has 1 amide bonds. The van der Waals surface area contributed by atoms with Crippen LogP contribution < -0.4 is 0 Å². The van der Waals surface area contributed by atoms with Crippen molar-refractivity contribution in [1.29, 1.82) is 0 Å². The quantitative estimate of drug-likeness (QED) is 0.745. The van der Waals surface area contributed by atoms with E-state index < -0.39 is 0 Å². The maximum Gasteiger partial charge on any atom is 0.257 e. The number of nitrogens with zero attached hydrogens (tertiary/aromatic N) is 5. The summed E-state index contributed by atoms with van der Waals surface area (Å²) in [6, 6.07) is 3.94. The molecule has 4 heterocycles. The average Bonchev–Trinajstić information content (AvgIpc) is 3.27. The molecule has 1 aliphatic rings. The molecule has 0 spiro atoms. The summed E-state index contributed by atoms with van der Waals surface area (Å²) in [5.41, 5.74) is 2.53. The Balaban J connectivity index is 1.60. The molecule has 6 heteroatoms. The van der Waals surface area contributed by atoms with Gasteiger partial charge in [-0.2, -0.15) is 5.10 Å². The molecule has 3 aromatic heterocycles. The maximum atomic E-state index is 13.0. The first-order valence-electron chi connectivity index (χ1n) is 7.94. The lowest BCUT2D eigenvalue weighted by molar-refractivity contribution is 0.0723. The summed E-state index contributed by atoms with van der Waals surface area (Å²) in [7, 11) is 0. The number of carbonyl (C=O) groups excluding carboxylic acids is 1. The zero-order valence-electron chi connectivity index (χ0n) is 13.1. The van der Waals surface area contributed by atoms with Crippen molar-refractivity contribution in [1.82, 2.24) is 24.1 Å². The number of pyridine rings is 1. The van der Waals surface area contributed by atoms with Crippen LogP contribution in [0.25, 0.3) is 5.65 Å². The molecule has 0 N–H and O–H groups in total. The van der Waals surface area contributed by atoms with E-state index in [4.69, 9.17) is 0 Å². The van der Waals surface area contributed by atoms with Crippen LogP contribution in [-0.4, -0.2) is 42.6 Å². The molecule has 3 aromatic rings. The fraction of sp³-hybridized carbons (Fsp3) is 0.353. The molecule has 1 saturated heterocycles. The minimum Gasteiger partial charge on any atom is -0.334 e. The van der Waals surface area contributed by atoms with Gasteiger partial charge in [-0.05, 0) is 37.5 Å². The molecular weight excluding hydrogens is 290 g/mol. The summed E-state index contributed by atoms with van der Waals surface area (Å²) in [6.07, 6.45) is 11.4. The Bertz CT molecular complexity index is 849. The molecule has 1 atom stereocenters. The van der Waals surface area contributed by atoms with Crippen molar-refractivity contribution in [3.63, 3.8) is 0 Å². The van der Waals surface area contributed by atoms with Gasteiger partial charge in [-0.15, -0.1) is 0 Å². The summed E-state index contributed by atoms with van der Waals surface area (Å²) in [5.74, 6) is 0.0631. The molecule has 0 aromatic carbocycles. The Hall–Kier alpha value is -2.63. The molecule has 4 rings (SSSR count). The van der Waals surface area contributed by atoms with E-state index in [1.54, 1.807) is 6.20 Å². The standard InChI is InChI=1S/C17H19N5O/c1-13-10-19-21(11-13)12-14-4-2-8-22(14)17(23)15-5-3-7-20-9-6-18-16(15)20/h3,5-7,9-11,14H,2,4,8,12H2,1H3. The fourth-order valence-electron chi connectivity index (χ4n) is 3.35. The van der Waals surface area contributed by atoms with Crippen molar-refractivity contribution in [2.45, 2.75) is 32.4 Å². The highest BCUT2D eigenvalue weighted by molar-refractivity contribution is 6.00. The summed E-state index contributed by atoms with van der Waals surface area (Å²) < 4.78 is 3.82. The SMILES string of the molecule is Cc1cnn(CC2CCCN2C(=O)c2cccn3ccnc23)c1. The van der Waals surface area contributed by atoms with Crippen LogP contribution in [0.1, 0.15) is 28.8 Å². The molecule has 23 heavy (non-hydrogen) atoms. The number of amides is 1. The zero-order chi connectivity index (χ0) is 15.8. The third-order valence-corrected chi connectivity index (χ3v) is 4.45. The largest absolute Gasteiger partial charge is 0.334 e. The highest BCUT2D eigenvalue weighted by Crippen LogP contribution is 2.23. The van der Waals surface area contributed by atoms with Crippen LogP contribution in [0.3, 0.4) is 0 Å². The second kappa shape index (κ2) is 5.53. The lowest BCUT2D eigenvalue weighted by Crippen LogP contribution is -2.38. The van der Waals surface area contributed by atoms with E-state index in [1.165, 1.54) is 0 Å². The normalized spacial score (nSPS) is 18.0. The highest BCUT2D eigenvalue weighted by Gasteiger charge is 2.31. The van der Waals surface area contributed by atoms with E-state index in [0.717, 1.165) is 37.1 Å². The zero-order valence-corrected chi connectivity index (χ0v) is 13.1. The number of fused-ring (bicyclic) bond motifs is 1. The molecular formula is C17H19N5O.